The Labute approximate surface area is 201 Å². The van der Waals surface area contributed by atoms with Crippen LogP contribution in [-0.2, 0) is 9.59 Å². The van der Waals surface area contributed by atoms with Gasteiger partial charge in [-0.05, 0) is 43.3 Å². The van der Waals surface area contributed by atoms with E-state index in [0.29, 0.717) is 34.9 Å². The van der Waals surface area contributed by atoms with Gasteiger partial charge in [0.05, 0.1) is 35.0 Å². The molecule has 35 heavy (non-hydrogen) atoms. The number of imide groups is 1. The Morgan fingerprint density at radius 2 is 1.60 bits per heavy atom. The van der Waals surface area contributed by atoms with E-state index in [2.05, 4.69) is 0 Å². The molecule has 2 heterocycles. The van der Waals surface area contributed by atoms with Crippen molar-refractivity contribution in [1.29, 1.82) is 0 Å². The first kappa shape index (κ1) is 22.3. The molecular formula is C27H22N2O6. The number of carbonyl (C=O) groups excluding carboxylic acids is 4. The minimum atomic E-state index is -0.667. The van der Waals surface area contributed by atoms with Crippen molar-refractivity contribution in [1.82, 2.24) is 0 Å². The Kier molecular flexibility index (Phi) is 5.78. The number of carbonyl (C=O) groups is 4. The topological polar surface area (TPSA) is 93.2 Å². The normalized spacial score (nSPS) is 17.1. The average molecular weight is 470 g/mol. The van der Waals surface area contributed by atoms with Crippen LogP contribution >= 0.6 is 0 Å². The molecule has 2 aliphatic rings. The van der Waals surface area contributed by atoms with Crippen LogP contribution in [0.2, 0.25) is 0 Å². The van der Waals surface area contributed by atoms with E-state index in [4.69, 9.17) is 9.47 Å². The fraction of sp³-hybridized carbons (Fsp3) is 0.185. The van der Waals surface area contributed by atoms with Crippen molar-refractivity contribution in [3.63, 3.8) is 0 Å². The maximum Gasteiger partial charge on any atom is 0.316 e. The number of nitrogens with zero attached hydrogens (tertiary/aromatic N) is 2. The number of benzene rings is 3. The molecule has 0 radical (unpaired) electrons. The number of hydrogen-bond acceptors (Lipinski definition) is 6. The number of rotatable bonds is 6. The summed E-state index contributed by atoms with van der Waals surface area (Å²) in [4.78, 5) is 53.7. The minimum Gasteiger partial charge on any atom is -0.492 e. The fourth-order valence-electron chi connectivity index (χ4n) is 4.37. The Balaban J connectivity index is 1.31. The summed E-state index contributed by atoms with van der Waals surface area (Å²) in [7, 11) is 0. The van der Waals surface area contributed by atoms with Crippen molar-refractivity contribution in [2.45, 2.75) is 13.3 Å². The highest BCUT2D eigenvalue weighted by Crippen LogP contribution is 2.34. The maximum absolute atomic E-state index is 12.9. The Bertz CT molecular complexity index is 1320. The molecule has 0 bridgehead atoms. The molecule has 3 aromatic rings. The number of anilines is 2. The zero-order valence-corrected chi connectivity index (χ0v) is 19.0. The van der Waals surface area contributed by atoms with Gasteiger partial charge in [0, 0.05) is 19.0 Å². The van der Waals surface area contributed by atoms with Crippen LogP contribution in [0.1, 0.15) is 34.1 Å². The number of esters is 1. The molecule has 0 N–H and O–H groups in total. The lowest BCUT2D eigenvalue weighted by Gasteiger charge is -2.20. The van der Waals surface area contributed by atoms with Gasteiger partial charge in [0.2, 0.25) is 5.91 Å². The molecule has 0 spiro atoms. The largest absolute Gasteiger partial charge is 0.492 e. The van der Waals surface area contributed by atoms with Crippen molar-refractivity contribution in [2.75, 3.05) is 23.0 Å². The smallest absolute Gasteiger partial charge is 0.316 e. The molecule has 0 unspecified atom stereocenters. The molecule has 3 amide bonds. The molecule has 0 saturated carbocycles. The van der Waals surface area contributed by atoms with Crippen LogP contribution in [0, 0.1) is 5.92 Å². The van der Waals surface area contributed by atoms with Crippen molar-refractivity contribution < 1.29 is 28.7 Å². The van der Waals surface area contributed by atoms with E-state index in [1.165, 1.54) is 11.0 Å². The van der Waals surface area contributed by atoms with Crippen LogP contribution in [0.5, 0.6) is 11.5 Å². The van der Waals surface area contributed by atoms with Gasteiger partial charge in [0.15, 0.2) is 0 Å². The third-order valence-corrected chi connectivity index (χ3v) is 6.00. The summed E-state index contributed by atoms with van der Waals surface area (Å²) < 4.78 is 11.2. The lowest BCUT2D eigenvalue weighted by Crippen LogP contribution is -2.29. The van der Waals surface area contributed by atoms with Gasteiger partial charge >= 0.3 is 5.97 Å². The Morgan fingerprint density at radius 3 is 2.31 bits per heavy atom. The summed E-state index contributed by atoms with van der Waals surface area (Å²) in [5.74, 6) is -1.53. The van der Waals surface area contributed by atoms with E-state index in [0.717, 1.165) is 4.90 Å². The lowest BCUT2D eigenvalue weighted by molar-refractivity contribution is -0.139. The Hall–Kier alpha value is -4.46. The third kappa shape index (κ3) is 4.03. The first-order valence-corrected chi connectivity index (χ1v) is 11.3. The van der Waals surface area contributed by atoms with Crippen LogP contribution in [0.4, 0.5) is 11.4 Å². The molecule has 3 aromatic carbocycles. The zero-order valence-electron chi connectivity index (χ0n) is 19.0. The fourth-order valence-corrected chi connectivity index (χ4v) is 4.37. The van der Waals surface area contributed by atoms with Crippen molar-refractivity contribution in [3.05, 3.63) is 83.9 Å². The predicted octanol–water partition coefficient (Wildman–Crippen LogP) is 3.84. The second-order valence-electron chi connectivity index (χ2n) is 8.22. The van der Waals surface area contributed by atoms with E-state index in [-0.39, 0.29) is 24.6 Å². The second kappa shape index (κ2) is 9.06. The summed E-state index contributed by atoms with van der Waals surface area (Å²) in [6, 6.07) is 20.0. The molecule has 176 valence electrons. The van der Waals surface area contributed by atoms with Crippen molar-refractivity contribution in [2.24, 2.45) is 5.92 Å². The maximum atomic E-state index is 12.9. The van der Waals surface area contributed by atoms with Crippen molar-refractivity contribution >= 4 is 35.1 Å². The summed E-state index contributed by atoms with van der Waals surface area (Å²) in [6.45, 7) is 2.48. The van der Waals surface area contributed by atoms with E-state index in [1.54, 1.807) is 54.6 Å². The number of fused-ring (bicyclic) bond motifs is 1. The van der Waals surface area contributed by atoms with Gasteiger partial charge in [0.25, 0.3) is 11.8 Å². The predicted molar refractivity (Wildman–Crippen MR) is 128 cm³/mol. The molecule has 2 aliphatic heterocycles. The van der Waals surface area contributed by atoms with Gasteiger partial charge in [0.1, 0.15) is 11.5 Å². The van der Waals surface area contributed by atoms with Gasteiger partial charge < -0.3 is 14.4 Å². The zero-order chi connectivity index (χ0) is 24.5. The second-order valence-corrected chi connectivity index (χ2v) is 8.22. The van der Waals surface area contributed by atoms with E-state index < -0.39 is 23.7 Å². The van der Waals surface area contributed by atoms with Gasteiger partial charge in [-0.3, -0.25) is 19.2 Å². The van der Waals surface area contributed by atoms with Crippen molar-refractivity contribution in [3.8, 4) is 11.5 Å². The van der Waals surface area contributed by atoms with E-state index >= 15 is 0 Å². The van der Waals surface area contributed by atoms with Crippen LogP contribution in [0.3, 0.4) is 0 Å². The highest BCUT2D eigenvalue weighted by Gasteiger charge is 2.38. The number of hydrogen-bond donors (Lipinski definition) is 0. The SMILES string of the molecule is CCOc1ccccc1N1C[C@H](C(=O)Oc2cccc(N3C(=O)c4ccccc4C3=O)c2)CC1=O. The minimum absolute atomic E-state index is 0.0113. The third-order valence-electron chi connectivity index (χ3n) is 6.00. The summed E-state index contributed by atoms with van der Waals surface area (Å²) >= 11 is 0. The molecule has 1 fully saturated rings. The van der Waals surface area contributed by atoms with Gasteiger partial charge in [-0.15, -0.1) is 0 Å². The van der Waals surface area contributed by atoms with E-state index in [1.807, 2.05) is 19.1 Å². The quantitative estimate of drug-likeness (QED) is 0.309. The van der Waals surface area contributed by atoms with E-state index in [9.17, 15) is 19.2 Å². The summed E-state index contributed by atoms with van der Waals surface area (Å²) in [5, 5.41) is 0. The van der Waals surface area contributed by atoms with Crippen LogP contribution in [-0.4, -0.2) is 36.8 Å². The summed E-state index contributed by atoms with van der Waals surface area (Å²) in [6.07, 6.45) is 0.0113. The van der Waals surface area contributed by atoms with Crippen LogP contribution < -0.4 is 19.3 Å². The van der Waals surface area contributed by atoms with Gasteiger partial charge in [-0.1, -0.05) is 30.3 Å². The molecule has 0 aromatic heterocycles. The average Bonchev–Trinajstić information content (AvgIpc) is 3.37. The molecular weight excluding hydrogens is 448 g/mol. The number of amides is 3. The highest BCUT2D eigenvalue weighted by atomic mass is 16.5. The monoisotopic (exact) mass is 470 g/mol. The standard InChI is InChI=1S/C27H22N2O6/c1-2-34-23-13-6-5-12-22(23)28-16-17(14-24(28)30)27(33)35-19-9-7-8-18(15-19)29-25(31)20-10-3-4-11-21(20)26(29)32/h3-13,15,17H,2,14,16H2,1H3/t17-/m1/s1. The van der Waals surface area contributed by atoms with Gasteiger partial charge in [-0.2, -0.15) is 0 Å². The molecule has 8 nitrogen and oxygen atoms in total. The Morgan fingerprint density at radius 1 is 0.914 bits per heavy atom. The number of para-hydroxylation sites is 2. The van der Waals surface area contributed by atoms with Gasteiger partial charge in [-0.25, -0.2) is 4.90 Å². The molecule has 8 heteroatoms. The lowest BCUT2D eigenvalue weighted by atomic mass is 10.1. The molecule has 5 rings (SSSR count). The molecule has 0 aliphatic carbocycles. The summed E-state index contributed by atoms with van der Waals surface area (Å²) in [5.41, 5.74) is 1.58. The van der Waals surface area contributed by atoms with Crippen LogP contribution in [0.15, 0.2) is 72.8 Å². The number of ether oxygens (including phenoxy) is 2. The molecule has 1 atom stereocenters. The van der Waals surface area contributed by atoms with Crippen LogP contribution in [0.25, 0.3) is 0 Å². The molecule has 1 saturated heterocycles. The first-order valence-electron chi connectivity index (χ1n) is 11.3. The highest BCUT2D eigenvalue weighted by molar-refractivity contribution is 6.34. The first-order chi connectivity index (χ1) is 17.0.